The first-order valence-electron chi connectivity index (χ1n) is 10.4. The molecule has 0 N–H and O–H groups in total. The minimum Gasteiger partial charge on any atom is -0.279 e. The Hall–Kier alpha value is -2.21. The van der Waals surface area contributed by atoms with Crippen LogP contribution in [0, 0.1) is 0 Å². The van der Waals surface area contributed by atoms with Gasteiger partial charge in [-0.05, 0) is 59.3 Å². The van der Waals surface area contributed by atoms with E-state index in [1.165, 1.54) is 0 Å². The minimum atomic E-state index is -4.40. The maximum atomic E-state index is 13.8. The van der Waals surface area contributed by atoms with Gasteiger partial charge in [0.2, 0.25) is 5.91 Å². The van der Waals surface area contributed by atoms with Gasteiger partial charge < -0.3 is 0 Å². The van der Waals surface area contributed by atoms with Crippen LogP contribution in [-0.2, 0) is 17.3 Å². The number of aryl methyl sites for hydroxylation is 1. The second-order valence-electron chi connectivity index (χ2n) is 9.42. The average molecular weight is 446 g/mol. The third-order valence-electron chi connectivity index (χ3n) is 6.27. The highest BCUT2D eigenvalue weighted by Gasteiger charge is 2.46. The summed E-state index contributed by atoms with van der Waals surface area (Å²) in [6, 6.07) is 13.5. The molecule has 2 nitrogen and oxygen atoms in total. The van der Waals surface area contributed by atoms with Crippen molar-refractivity contribution in [1.82, 2.24) is 4.57 Å². The summed E-state index contributed by atoms with van der Waals surface area (Å²) in [6.07, 6.45) is 0.724. The van der Waals surface area contributed by atoms with Crippen LogP contribution >= 0.6 is 11.8 Å². The molecule has 31 heavy (non-hydrogen) atoms. The Morgan fingerprint density at radius 2 is 1.74 bits per heavy atom. The molecule has 164 valence electrons. The normalized spacial score (nSPS) is 18.9. The number of carbonyl (C=O) groups is 1. The highest BCUT2D eigenvalue weighted by Crippen LogP contribution is 2.48. The molecule has 0 saturated carbocycles. The number of benzene rings is 2. The molecule has 2 aromatic carbocycles. The molecule has 4 rings (SSSR count). The Kier molecular flexibility index (Phi) is 5.08. The van der Waals surface area contributed by atoms with E-state index >= 15 is 0 Å². The summed E-state index contributed by atoms with van der Waals surface area (Å²) in [7, 11) is 0. The fourth-order valence-electron chi connectivity index (χ4n) is 4.57. The average Bonchev–Trinajstić information content (AvgIpc) is 3.03. The van der Waals surface area contributed by atoms with Crippen LogP contribution in [0.1, 0.15) is 56.1 Å². The summed E-state index contributed by atoms with van der Waals surface area (Å²) in [5, 5.41) is 1.00. The predicted octanol–water partition coefficient (Wildman–Crippen LogP) is 7.33. The summed E-state index contributed by atoms with van der Waals surface area (Å²) < 4.78 is 40.9. The van der Waals surface area contributed by atoms with E-state index in [0.717, 1.165) is 39.7 Å². The van der Waals surface area contributed by atoms with Gasteiger partial charge in [-0.2, -0.15) is 13.2 Å². The van der Waals surface area contributed by atoms with Crippen LogP contribution in [0.25, 0.3) is 22.2 Å². The van der Waals surface area contributed by atoms with E-state index < -0.39 is 10.9 Å². The van der Waals surface area contributed by atoms with Gasteiger partial charge >= 0.3 is 5.51 Å². The van der Waals surface area contributed by atoms with Crippen molar-refractivity contribution in [3.05, 3.63) is 59.2 Å². The number of alkyl halides is 3. The van der Waals surface area contributed by atoms with Gasteiger partial charge in [0.15, 0.2) is 0 Å². The van der Waals surface area contributed by atoms with Crippen LogP contribution in [0.5, 0.6) is 0 Å². The lowest BCUT2D eigenvalue weighted by atomic mass is 9.77. The molecule has 1 aliphatic heterocycles. The zero-order valence-electron chi connectivity index (χ0n) is 18.4. The number of halogens is 3. The Morgan fingerprint density at radius 3 is 2.35 bits per heavy atom. The van der Waals surface area contributed by atoms with Gasteiger partial charge in [0.05, 0.1) is 16.6 Å². The molecule has 1 aliphatic rings. The molecular formula is C25H26F3NOS. The van der Waals surface area contributed by atoms with Crippen molar-refractivity contribution in [2.75, 3.05) is 5.75 Å². The Bertz CT molecular complexity index is 1190. The van der Waals surface area contributed by atoms with Crippen LogP contribution in [0.4, 0.5) is 13.2 Å². The highest BCUT2D eigenvalue weighted by atomic mass is 32.2. The monoisotopic (exact) mass is 445 g/mol. The first kappa shape index (κ1) is 22.0. The van der Waals surface area contributed by atoms with Gasteiger partial charge in [-0.15, -0.1) is 0 Å². The minimum absolute atomic E-state index is 0.0541. The SMILES string of the molecule is CCc1c2n(c3ccc(C(C)(C)C)cc13)C(=O)[C@@](C)(CSC(F)(F)F)c1ccccc1-2. The standard InChI is InChI=1S/C25H26F3NOS/c1-6-16-18-13-15(23(2,3)4)11-12-20(18)29-21(16)17-9-7-8-10-19(17)24(5,22(29)30)14-31-25(26,27)28/h7-13H,6,14H2,1-5H3/t24-/m0/s1. The molecule has 0 amide bonds. The lowest BCUT2D eigenvalue weighted by molar-refractivity contribution is -0.0329. The van der Waals surface area contributed by atoms with E-state index in [0.29, 0.717) is 5.56 Å². The fourth-order valence-corrected chi connectivity index (χ4v) is 5.30. The smallest absolute Gasteiger partial charge is 0.279 e. The molecule has 0 aliphatic carbocycles. The van der Waals surface area contributed by atoms with Gasteiger partial charge in [0.1, 0.15) is 0 Å². The van der Waals surface area contributed by atoms with Crippen molar-refractivity contribution in [1.29, 1.82) is 0 Å². The molecule has 0 saturated heterocycles. The first-order valence-corrected chi connectivity index (χ1v) is 11.4. The summed E-state index contributed by atoms with van der Waals surface area (Å²) in [6.45, 7) is 10.1. The number of nitrogens with zero attached hydrogens (tertiary/aromatic N) is 1. The second kappa shape index (κ2) is 7.16. The molecule has 0 fully saturated rings. The zero-order chi connectivity index (χ0) is 22.8. The fraction of sp³-hybridized carbons (Fsp3) is 0.400. The van der Waals surface area contributed by atoms with Crippen molar-refractivity contribution >= 4 is 28.6 Å². The van der Waals surface area contributed by atoms with Crippen LogP contribution in [0.2, 0.25) is 0 Å². The maximum absolute atomic E-state index is 13.8. The predicted molar refractivity (Wildman–Crippen MR) is 122 cm³/mol. The highest BCUT2D eigenvalue weighted by molar-refractivity contribution is 8.00. The summed E-state index contributed by atoms with van der Waals surface area (Å²) in [5.41, 5.74) is -0.406. The molecule has 2 heterocycles. The first-order chi connectivity index (χ1) is 14.4. The van der Waals surface area contributed by atoms with Gasteiger partial charge in [-0.3, -0.25) is 9.36 Å². The second-order valence-corrected chi connectivity index (χ2v) is 10.5. The number of hydrogen-bond acceptors (Lipinski definition) is 2. The number of fused-ring (bicyclic) bond motifs is 5. The molecule has 0 bridgehead atoms. The van der Waals surface area contributed by atoms with E-state index in [-0.39, 0.29) is 28.8 Å². The maximum Gasteiger partial charge on any atom is 0.441 e. The largest absolute Gasteiger partial charge is 0.441 e. The van der Waals surface area contributed by atoms with E-state index in [2.05, 4.69) is 33.8 Å². The molecule has 3 aromatic rings. The quantitative estimate of drug-likeness (QED) is 0.421. The van der Waals surface area contributed by atoms with Gasteiger partial charge in [0.25, 0.3) is 0 Å². The molecule has 0 radical (unpaired) electrons. The number of thioether (sulfide) groups is 1. The Morgan fingerprint density at radius 1 is 1.06 bits per heavy atom. The van der Waals surface area contributed by atoms with Crippen LogP contribution in [0.15, 0.2) is 42.5 Å². The molecule has 0 unspecified atom stereocenters. The lowest BCUT2D eigenvalue weighted by Crippen LogP contribution is -2.43. The van der Waals surface area contributed by atoms with E-state index in [1.807, 2.05) is 24.3 Å². The van der Waals surface area contributed by atoms with E-state index in [9.17, 15) is 18.0 Å². The lowest BCUT2D eigenvalue weighted by Gasteiger charge is -2.36. The molecule has 1 atom stereocenters. The topological polar surface area (TPSA) is 22.0 Å². The number of hydrogen-bond donors (Lipinski definition) is 0. The molecule has 0 spiro atoms. The zero-order valence-corrected chi connectivity index (χ0v) is 19.2. The van der Waals surface area contributed by atoms with Crippen LogP contribution < -0.4 is 0 Å². The van der Waals surface area contributed by atoms with Gasteiger partial charge in [0, 0.05) is 16.7 Å². The third kappa shape index (κ3) is 3.49. The van der Waals surface area contributed by atoms with E-state index in [4.69, 9.17) is 0 Å². The summed E-state index contributed by atoms with van der Waals surface area (Å²) in [5.74, 6) is -0.654. The van der Waals surface area contributed by atoms with E-state index in [1.54, 1.807) is 23.6 Å². The van der Waals surface area contributed by atoms with Crippen molar-refractivity contribution in [3.8, 4) is 11.3 Å². The van der Waals surface area contributed by atoms with Gasteiger partial charge in [-0.1, -0.05) is 58.0 Å². The third-order valence-corrected chi connectivity index (χ3v) is 7.32. The number of aromatic nitrogens is 1. The van der Waals surface area contributed by atoms with Crippen molar-refractivity contribution in [2.24, 2.45) is 0 Å². The summed E-state index contributed by atoms with van der Waals surface area (Å²) >= 11 is -0.129. The molecule has 1 aromatic heterocycles. The Labute approximate surface area is 184 Å². The molecule has 6 heteroatoms. The Balaban J connectivity index is 2.03. The van der Waals surface area contributed by atoms with Crippen molar-refractivity contribution in [3.63, 3.8) is 0 Å². The van der Waals surface area contributed by atoms with Crippen LogP contribution in [-0.4, -0.2) is 21.7 Å². The number of carbonyl (C=O) groups excluding carboxylic acids is 1. The number of rotatable bonds is 3. The summed E-state index contributed by atoms with van der Waals surface area (Å²) in [4.78, 5) is 13.8. The van der Waals surface area contributed by atoms with Crippen LogP contribution in [0.3, 0.4) is 0 Å². The van der Waals surface area contributed by atoms with Crippen molar-refractivity contribution in [2.45, 2.75) is 57.4 Å². The van der Waals surface area contributed by atoms with Crippen molar-refractivity contribution < 1.29 is 18.0 Å². The molecular weight excluding hydrogens is 419 g/mol. The van der Waals surface area contributed by atoms with Gasteiger partial charge in [-0.25, -0.2) is 0 Å².